The predicted molar refractivity (Wildman–Crippen MR) is 162 cm³/mol. The van der Waals surface area contributed by atoms with E-state index in [0.717, 1.165) is 16.7 Å². The summed E-state index contributed by atoms with van der Waals surface area (Å²) in [5.41, 5.74) is 3.93. The van der Waals surface area contributed by atoms with Gasteiger partial charge in [-0.1, -0.05) is 66.2 Å². The lowest BCUT2D eigenvalue weighted by Crippen LogP contribution is -2.30. The Hall–Kier alpha value is -3.69. The molecule has 0 saturated heterocycles. The van der Waals surface area contributed by atoms with Crippen molar-refractivity contribution < 1.29 is 28.1 Å². The first-order valence-electron chi connectivity index (χ1n) is 13.5. The van der Waals surface area contributed by atoms with E-state index in [4.69, 9.17) is 16.5 Å². The molecule has 0 aliphatic heterocycles. The van der Waals surface area contributed by atoms with Gasteiger partial charge in [-0.2, -0.15) is 0 Å². The molecule has 220 valence electrons. The minimum absolute atomic E-state index is 0.129. The lowest BCUT2D eigenvalue weighted by atomic mass is 10.1. The van der Waals surface area contributed by atoms with Crippen LogP contribution in [-0.4, -0.2) is 37.5 Å². The first-order chi connectivity index (χ1) is 20.0. The van der Waals surface area contributed by atoms with Gasteiger partial charge in [-0.05, 0) is 84.5 Å². The second-order valence-corrected chi connectivity index (χ2v) is 12.6. The van der Waals surface area contributed by atoms with Crippen molar-refractivity contribution in [3.63, 3.8) is 0 Å². The number of halogens is 1. The second kappa shape index (κ2) is 14.0. The summed E-state index contributed by atoms with van der Waals surface area (Å²) in [7, 11) is -3.79. The van der Waals surface area contributed by atoms with Crippen LogP contribution in [0.15, 0.2) is 101 Å². The molecular formula is C33H34ClNO6S. The summed E-state index contributed by atoms with van der Waals surface area (Å²) in [6.45, 7) is 6.33. The van der Waals surface area contributed by atoms with Crippen molar-refractivity contribution in [1.29, 1.82) is 0 Å². The third-order valence-electron chi connectivity index (χ3n) is 6.85. The maximum absolute atomic E-state index is 13.4. The van der Waals surface area contributed by atoms with Gasteiger partial charge in [0.15, 0.2) is 5.75 Å². The highest BCUT2D eigenvalue weighted by atomic mass is 35.5. The van der Waals surface area contributed by atoms with Gasteiger partial charge in [0.1, 0.15) is 0 Å². The van der Waals surface area contributed by atoms with Gasteiger partial charge in [0.2, 0.25) is 9.84 Å². The van der Waals surface area contributed by atoms with E-state index in [1.54, 1.807) is 38.1 Å². The Balaban J connectivity index is 1.47. The number of carbonyl (C=O) groups is 1. The number of benzene rings is 4. The fourth-order valence-electron chi connectivity index (χ4n) is 4.70. The van der Waals surface area contributed by atoms with Gasteiger partial charge >= 0.3 is 5.97 Å². The summed E-state index contributed by atoms with van der Waals surface area (Å²) in [5, 5.41) is 11.5. The quantitative estimate of drug-likeness (QED) is 0.147. The van der Waals surface area contributed by atoms with Crippen LogP contribution in [0.5, 0.6) is 5.75 Å². The van der Waals surface area contributed by atoms with E-state index < -0.39 is 21.9 Å². The van der Waals surface area contributed by atoms with Crippen molar-refractivity contribution >= 4 is 27.4 Å². The average Bonchev–Trinajstić information content (AvgIpc) is 2.96. The Kier molecular flexibility index (Phi) is 10.4. The van der Waals surface area contributed by atoms with Crippen molar-refractivity contribution in [3.8, 4) is 5.75 Å². The second-order valence-electron chi connectivity index (χ2n) is 10.2. The van der Waals surface area contributed by atoms with Crippen LogP contribution in [0.3, 0.4) is 0 Å². The summed E-state index contributed by atoms with van der Waals surface area (Å²) >= 11 is 6.14. The molecule has 4 rings (SSSR count). The van der Waals surface area contributed by atoms with Crippen molar-refractivity contribution in [3.05, 3.63) is 124 Å². The number of sulfone groups is 1. The molecule has 0 saturated carbocycles. The lowest BCUT2D eigenvalue weighted by molar-refractivity contribution is -0.211. The van der Waals surface area contributed by atoms with Gasteiger partial charge in [-0.15, -0.1) is 0 Å². The molecule has 0 spiro atoms. The van der Waals surface area contributed by atoms with Crippen molar-refractivity contribution in [2.45, 2.75) is 49.6 Å². The molecule has 4 aromatic rings. The van der Waals surface area contributed by atoms with E-state index in [9.17, 15) is 18.3 Å². The highest BCUT2D eigenvalue weighted by Gasteiger charge is 2.21. The number of carbonyl (C=O) groups excluding carboxylic acids is 1. The number of hydrogen-bond acceptors (Lipinski definition) is 7. The molecule has 0 fully saturated rings. The number of hydrogen-bond donors (Lipinski definition) is 1. The first-order valence-corrected chi connectivity index (χ1v) is 15.4. The van der Waals surface area contributed by atoms with Crippen LogP contribution < -0.4 is 4.89 Å². The van der Waals surface area contributed by atoms with Gasteiger partial charge in [-0.3, -0.25) is 14.7 Å². The Morgan fingerprint density at radius 2 is 1.55 bits per heavy atom. The van der Waals surface area contributed by atoms with Crippen molar-refractivity contribution in [2.24, 2.45) is 0 Å². The molecule has 0 bridgehead atoms. The fraction of sp³-hybridized carbons (Fsp3) is 0.242. The minimum atomic E-state index is -3.79. The molecular weight excluding hydrogens is 574 g/mol. The third-order valence-corrected chi connectivity index (χ3v) is 8.83. The molecule has 9 heteroatoms. The lowest BCUT2D eigenvalue weighted by Gasteiger charge is -2.25. The van der Waals surface area contributed by atoms with Gasteiger partial charge in [0.05, 0.1) is 15.9 Å². The molecule has 42 heavy (non-hydrogen) atoms. The van der Waals surface area contributed by atoms with E-state index in [1.807, 2.05) is 42.5 Å². The zero-order valence-corrected chi connectivity index (χ0v) is 25.4. The molecule has 0 aliphatic carbocycles. The molecule has 0 amide bonds. The predicted octanol–water partition coefficient (Wildman–Crippen LogP) is 6.42. The molecule has 4 aromatic carbocycles. The van der Waals surface area contributed by atoms with E-state index >= 15 is 0 Å². The van der Waals surface area contributed by atoms with Crippen LogP contribution in [0.4, 0.5) is 0 Å². The third kappa shape index (κ3) is 8.20. The number of aliphatic hydroxyl groups excluding tert-OH is 1. The van der Waals surface area contributed by atoms with Crippen LogP contribution in [0.1, 0.15) is 40.8 Å². The van der Waals surface area contributed by atoms with Crippen molar-refractivity contribution in [2.75, 3.05) is 13.1 Å². The Morgan fingerprint density at radius 3 is 2.17 bits per heavy atom. The SMILES string of the molecule is CC(=O)OOc1c(C)cc(S(=O)(=O)c2ccc(CCN(Cc3ccccc3)C[C@H](O)c3cccc(Cl)c3)cc2)cc1C. The smallest absolute Gasteiger partial charge is 0.352 e. The summed E-state index contributed by atoms with van der Waals surface area (Å²) in [6, 6.07) is 27.2. The average molecular weight is 608 g/mol. The zero-order chi connectivity index (χ0) is 30.3. The maximum Gasteiger partial charge on any atom is 0.352 e. The summed E-state index contributed by atoms with van der Waals surface area (Å²) in [4.78, 5) is 23.3. The van der Waals surface area contributed by atoms with E-state index in [-0.39, 0.29) is 9.79 Å². The molecule has 1 atom stereocenters. The summed E-state index contributed by atoms with van der Waals surface area (Å²) < 4.78 is 26.8. The first kappa shape index (κ1) is 31.3. The highest BCUT2D eigenvalue weighted by molar-refractivity contribution is 7.91. The van der Waals surface area contributed by atoms with Crippen LogP contribution in [-0.2, 0) is 32.5 Å². The Bertz CT molecular complexity index is 1600. The monoisotopic (exact) mass is 607 g/mol. The van der Waals surface area contributed by atoms with E-state index in [2.05, 4.69) is 21.9 Å². The van der Waals surface area contributed by atoms with Gasteiger partial charge < -0.3 is 5.11 Å². The Morgan fingerprint density at radius 1 is 0.881 bits per heavy atom. The molecule has 0 aliphatic rings. The maximum atomic E-state index is 13.4. The highest BCUT2D eigenvalue weighted by Crippen LogP contribution is 2.30. The molecule has 0 unspecified atom stereocenters. The molecule has 0 radical (unpaired) electrons. The van der Waals surface area contributed by atoms with Gasteiger partial charge in [0.25, 0.3) is 0 Å². The number of nitrogens with zero attached hydrogens (tertiary/aromatic N) is 1. The largest absolute Gasteiger partial charge is 0.387 e. The van der Waals surface area contributed by atoms with Crippen LogP contribution in [0.2, 0.25) is 5.02 Å². The van der Waals surface area contributed by atoms with E-state index in [1.165, 1.54) is 19.1 Å². The summed E-state index contributed by atoms with van der Waals surface area (Å²) in [6.07, 6.45) is -0.0480. The number of rotatable bonds is 12. The molecule has 0 aromatic heterocycles. The fourth-order valence-corrected chi connectivity index (χ4v) is 6.33. The summed E-state index contributed by atoms with van der Waals surface area (Å²) in [5.74, 6) is -0.300. The molecule has 1 N–H and O–H groups in total. The molecule has 7 nitrogen and oxygen atoms in total. The molecule has 0 heterocycles. The zero-order valence-electron chi connectivity index (χ0n) is 23.8. The topological polar surface area (TPSA) is 93.1 Å². The number of aryl methyl sites for hydroxylation is 2. The Labute approximate surface area is 252 Å². The van der Waals surface area contributed by atoms with E-state index in [0.29, 0.717) is 48.0 Å². The van der Waals surface area contributed by atoms with Crippen LogP contribution >= 0.6 is 11.6 Å². The normalized spacial score (nSPS) is 12.2. The van der Waals surface area contributed by atoms with Crippen LogP contribution in [0.25, 0.3) is 0 Å². The number of aliphatic hydroxyl groups is 1. The van der Waals surface area contributed by atoms with Crippen LogP contribution in [0, 0.1) is 13.8 Å². The standard InChI is InChI=1S/C33H34ClNO6S/c1-23-18-31(19-24(2)33(23)41-40-25(3)36)42(38,39)30-14-12-26(13-15-30)16-17-35(21-27-8-5-4-6-9-27)22-32(37)28-10-7-11-29(34)20-28/h4-15,18-20,32,37H,16-17,21-22H2,1-3H3/t32-/m0/s1. The minimum Gasteiger partial charge on any atom is -0.387 e. The van der Waals surface area contributed by atoms with Gasteiger partial charge in [0, 0.05) is 31.6 Å². The van der Waals surface area contributed by atoms with Gasteiger partial charge in [-0.25, -0.2) is 13.2 Å². The van der Waals surface area contributed by atoms with Crippen molar-refractivity contribution in [1.82, 2.24) is 4.90 Å².